The Balaban J connectivity index is 2.42. The molecule has 1 aromatic rings. The summed E-state index contributed by atoms with van der Waals surface area (Å²) in [5.74, 6) is 0.700. The van der Waals surface area contributed by atoms with Crippen LogP contribution in [0.25, 0.3) is 0 Å². The highest BCUT2D eigenvalue weighted by atomic mass is 79.9. The second-order valence-electron chi connectivity index (χ2n) is 3.08. The average molecular weight is 294 g/mol. The van der Waals surface area contributed by atoms with Crippen LogP contribution in [0.3, 0.4) is 0 Å². The third kappa shape index (κ3) is 2.28. The lowest BCUT2D eigenvalue weighted by Crippen LogP contribution is -2.02. The quantitative estimate of drug-likeness (QED) is 0.838. The summed E-state index contributed by atoms with van der Waals surface area (Å²) < 4.78 is 16.9. The number of rotatable bonds is 2. The van der Waals surface area contributed by atoms with E-state index in [0.717, 1.165) is 10.0 Å². The van der Waals surface area contributed by atoms with Crippen molar-refractivity contribution in [1.29, 1.82) is 0 Å². The monoisotopic (exact) mass is 292 g/mol. The molecule has 0 saturated carbocycles. The molecule has 0 aromatic heterocycles. The number of halogens is 2. The zero-order valence-corrected chi connectivity index (χ0v) is 10.5. The summed E-state index contributed by atoms with van der Waals surface area (Å²) in [5, 5.41) is 0.622. The highest BCUT2D eigenvalue weighted by Gasteiger charge is 2.24. The predicted molar refractivity (Wildman–Crippen MR) is 60.3 cm³/mol. The van der Waals surface area contributed by atoms with Gasteiger partial charge in [-0.05, 0) is 28.1 Å². The molecule has 0 unspecified atom stereocenters. The van der Waals surface area contributed by atoms with Gasteiger partial charge in [0, 0.05) is 5.02 Å². The van der Waals surface area contributed by atoms with Gasteiger partial charge in [-0.25, -0.2) is 0 Å². The zero-order chi connectivity index (χ0) is 10.8. The molecule has 1 aliphatic rings. The average Bonchev–Trinajstić information content (AvgIpc) is 2.69. The van der Waals surface area contributed by atoms with Crippen molar-refractivity contribution in [3.8, 4) is 5.75 Å². The Morgan fingerprint density at radius 1 is 1.40 bits per heavy atom. The lowest BCUT2D eigenvalue weighted by atomic mass is 10.2. The van der Waals surface area contributed by atoms with Crippen molar-refractivity contribution in [1.82, 2.24) is 0 Å². The van der Waals surface area contributed by atoms with Gasteiger partial charge in [0.15, 0.2) is 6.29 Å². The van der Waals surface area contributed by atoms with Gasteiger partial charge in [-0.15, -0.1) is 0 Å². The third-order valence-corrected chi connectivity index (χ3v) is 2.92. The van der Waals surface area contributed by atoms with Crippen LogP contribution in [-0.2, 0) is 9.47 Å². The predicted octanol–water partition coefficient (Wildman–Crippen LogP) is 3.16. The molecule has 15 heavy (non-hydrogen) atoms. The van der Waals surface area contributed by atoms with Crippen molar-refractivity contribution in [3.63, 3.8) is 0 Å². The molecule has 1 fully saturated rings. The first-order valence-electron chi connectivity index (χ1n) is 4.48. The molecular weight excluding hydrogens is 283 g/mol. The minimum Gasteiger partial charge on any atom is -0.495 e. The van der Waals surface area contributed by atoms with E-state index >= 15 is 0 Å². The fourth-order valence-corrected chi connectivity index (χ4v) is 2.50. The van der Waals surface area contributed by atoms with Crippen LogP contribution in [0.15, 0.2) is 16.6 Å². The number of ether oxygens (including phenoxy) is 3. The van der Waals surface area contributed by atoms with E-state index in [1.165, 1.54) is 0 Å². The molecule has 3 nitrogen and oxygen atoms in total. The molecule has 5 heteroatoms. The summed E-state index contributed by atoms with van der Waals surface area (Å²) in [6.45, 7) is 1.19. The topological polar surface area (TPSA) is 27.7 Å². The smallest absolute Gasteiger partial charge is 0.187 e. The molecular formula is C10H10BrClO3. The van der Waals surface area contributed by atoms with E-state index in [0.29, 0.717) is 24.0 Å². The van der Waals surface area contributed by atoms with Crippen molar-refractivity contribution in [2.45, 2.75) is 6.29 Å². The second kappa shape index (κ2) is 4.70. The van der Waals surface area contributed by atoms with Gasteiger partial charge in [0.2, 0.25) is 0 Å². The molecule has 1 saturated heterocycles. The molecule has 0 amide bonds. The van der Waals surface area contributed by atoms with E-state index < -0.39 is 0 Å². The second-order valence-corrected chi connectivity index (χ2v) is 4.37. The molecule has 2 rings (SSSR count). The Morgan fingerprint density at radius 2 is 2.07 bits per heavy atom. The van der Waals surface area contributed by atoms with Gasteiger partial charge in [0.1, 0.15) is 5.75 Å². The number of hydrogen-bond acceptors (Lipinski definition) is 3. The third-order valence-electron chi connectivity index (χ3n) is 2.12. The van der Waals surface area contributed by atoms with Crippen LogP contribution in [0.1, 0.15) is 11.9 Å². The Labute approximate surface area is 101 Å². The summed E-state index contributed by atoms with van der Waals surface area (Å²) in [6, 6.07) is 3.57. The van der Waals surface area contributed by atoms with Gasteiger partial charge in [0.05, 0.1) is 30.4 Å². The summed E-state index contributed by atoms with van der Waals surface area (Å²) in [4.78, 5) is 0. The van der Waals surface area contributed by atoms with Crippen molar-refractivity contribution in [2.75, 3.05) is 20.3 Å². The largest absolute Gasteiger partial charge is 0.495 e. The first-order chi connectivity index (χ1) is 7.22. The van der Waals surface area contributed by atoms with E-state index in [4.69, 9.17) is 25.8 Å². The standard InChI is InChI=1S/C10H10BrClO3/c1-13-9-7(10-14-2-3-15-10)4-6(12)5-8(9)11/h4-5,10H,2-3H2,1H3. The molecule has 1 heterocycles. The Morgan fingerprint density at radius 3 is 2.67 bits per heavy atom. The fraction of sp³-hybridized carbons (Fsp3) is 0.400. The molecule has 0 spiro atoms. The van der Waals surface area contributed by atoms with E-state index in [1.54, 1.807) is 19.2 Å². The van der Waals surface area contributed by atoms with Gasteiger partial charge in [-0.2, -0.15) is 0 Å². The summed E-state index contributed by atoms with van der Waals surface area (Å²) in [5.41, 5.74) is 0.814. The number of hydrogen-bond donors (Lipinski definition) is 0. The fourth-order valence-electron chi connectivity index (χ4n) is 1.51. The summed E-state index contributed by atoms with van der Waals surface area (Å²) in [7, 11) is 1.60. The Bertz CT molecular complexity index is 364. The Hall–Kier alpha value is -0.290. The van der Waals surface area contributed by atoms with Crippen LogP contribution in [0.4, 0.5) is 0 Å². The van der Waals surface area contributed by atoms with Gasteiger partial charge in [-0.1, -0.05) is 11.6 Å². The van der Waals surface area contributed by atoms with E-state index in [1.807, 2.05) is 0 Å². The normalized spacial score (nSPS) is 17.0. The minimum absolute atomic E-state index is 0.380. The van der Waals surface area contributed by atoms with Crippen LogP contribution in [0.5, 0.6) is 5.75 Å². The molecule has 1 aliphatic heterocycles. The van der Waals surface area contributed by atoms with Gasteiger partial charge in [0.25, 0.3) is 0 Å². The molecule has 0 radical (unpaired) electrons. The van der Waals surface area contributed by atoms with Crippen molar-refractivity contribution in [2.24, 2.45) is 0 Å². The highest BCUT2D eigenvalue weighted by molar-refractivity contribution is 9.10. The van der Waals surface area contributed by atoms with Crippen molar-refractivity contribution < 1.29 is 14.2 Å². The van der Waals surface area contributed by atoms with E-state index in [2.05, 4.69) is 15.9 Å². The van der Waals surface area contributed by atoms with Crippen molar-refractivity contribution in [3.05, 3.63) is 27.2 Å². The molecule has 0 bridgehead atoms. The molecule has 0 N–H and O–H groups in total. The maximum Gasteiger partial charge on any atom is 0.187 e. The molecule has 0 atom stereocenters. The first kappa shape index (κ1) is 11.2. The first-order valence-corrected chi connectivity index (χ1v) is 5.65. The van der Waals surface area contributed by atoms with E-state index in [9.17, 15) is 0 Å². The van der Waals surface area contributed by atoms with Crippen LogP contribution >= 0.6 is 27.5 Å². The van der Waals surface area contributed by atoms with E-state index in [-0.39, 0.29) is 6.29 Å². The maximum absolute atomic E-state index is 5.96. The number of benzene rings is 1. The van der Waals surface area contributed by atoms with Crippen LogP contribution in [0.2, 0.25) is 5.02 Å². The minimum atomic E-state index is -0.380. The van der Waals surface area contributed by atoms with Gasteiger partial charge >= 0.3 is 0 Å². The Kier molecular flexibility index (Phi) is 3.51. The number of methoxy groups -OCH3 is 1. The zero-order valence-electron chi connectivity index (χ0n) is 8.13. The lowest BCUT2D eigenvalue weighted by molar-refractivity contribution is -0.0455. The maximum atomic E-state index is 5.96. The SMILES string of the molecule is COc1c(Br)cc(Cl)cc1C1OCCO1. The van der Waals surface area contributed by atoms with Crippen LogP contribution in [0, 0.1) is 0 Å². The lowest BCUT2D eigenvalue weighted by Gasteiger charge is -2.15. The van der Waals surface area contributed by atoms with Crippen LogP contribution < -0.4 is 4.74 Å². The molecule has 0 aliphatic carbocycles. The molecule has 82 valence electrons. The summed E-state index contributed by atoms with van der Waals surface area (Å²) in [6.07, 6.45) is -0.380. The molecule has 1 aromatic carbocycles. The summed E-state index contributed by atoms with van der Waals surface area (Å²) >= 11 is 9.35. The highest BCUT2D eigenvalue weighted by Crippen LogP contribution is 2.38. The van der Waals surface area contributed by atoms with Crippen LogP contribution in [-0.4, -0.2) is 20.3 Å². The van der Waals surface area contributed by atoms with Crippen molar-refractivity contribution >= 4 is 27.5 Å². The van der Waals surface area contributed by atoms with Gasteiger partial charge < -0.3 is 14.2 Å². The van der Waals surface area contributed by atoms with Gasteiger partial charge in [-0.3, -0.25) is 0 Å².